The van der Waals surface area contributed by atoms with Gasteiger partial charge in [-0.15, -0.1) is 0 Å². The molecule has 1 aliphatic carbocycles. The molecule has 0 aromatic carbocycles. The van der Waals surface area contributed by atoms with Crippen molar-refractivity contribution in [2.24, 2.45) is 5.92 Å². The van der Waals surface area contributed by atoms with Crippen LogP contribution in [0.1, 0.15) is 52.4 Å². The summed E-state index contributed by atoms with van der Waals surface area (Å²) in [5, 5.41) is 0. The van der Waals surface area contributed by atoms with Gasteiger partial charge in [-0.25, -0.2) is 8.78 Å². The summed E-state index contributed by atoms with van der Waals surface area (Å²) in [5.41, 5.74) is 0. The Balaban J connectivity index is 2.35. The zero-order valence-electron chi connectivity index (χ0n) is 10.4. The SMILES string of the molecule is CCCCCC1CCC(OCC)C(F)C1F. The molecule has 0 amide bonds. The van der Waals surface area contributed by atoms with Gasteiger partial charge in [0.05, 0.1) is 6.10 Å². The second kappa shape index (κ2) is 7.21. The minimum Gasteiger partial charge on any atom is -0.375 e. The van der Waals surface area contributed by atoms with Crippen molar-refractivity contribution in [3.8, 4) is 0 Å². The van der Waals surface area contributed by atoms with E-state index < -0.39 is 18.4 Å². The summed E-state index contributed by atoms with van der Waals surface area (Å²) >= 11 is 0. The highest BCUT2D eigenvalue weighted by Gasteiger charge is 2.40. The van der Waals surface area contributed by atoms with Crippen LogP contribution in [0.3, 0.4) is 0 Å². The second-order valence-electron chi connectivity index (χ2n) is 4.72. The molecule has 1 saturated carbocycles. The van der Waals surface area contributed by atoms with Crippen LogP contribution in [0.2, 0.25) is 0 Å². The van der Waals surface area contributed by atoms with Crippen LogP contribution in [0, 0.1) is 5.92 Å². The Morgan fingerprint density at radius 3 is 2.44 bits per heavy atom. The fourth-order valence-electron chi connectivity index (χ4n) is 2.51. The highest BCUT2D eigenvalue weighted by molar-refractivity contribution is 4.88. The molecule has 0 heterocycles. The van der Waals surface area contributed by atoms with Crippen molar-refractivity contribution >= 4 is 0 Å². The lowest BCUT2D eigenvalue weighted by Gasteiger charge is -2.34. The van der Waals surface area contributed by atoms with Gasteiger partial charge in [-0.3, -0.25) is 0 Å². The van der Waals surface area contributed by atoms with Gasteiger partial charge in [-0.1, -0.05) is 26.2 Å². The van der Waals surface area contributed by atoms with Crippen molar-refractivity contribution in [3.05, 3.63) is 0 Å². The molecule has 96 valence electrons. The highest BCUT2D eigenvalue weighted by Crippen LogP contribution is 2.34. The lowest BCUT2D eigenvalue weighted by atomic mass is 9.81. The molecule has 0 N–H and O–H groups in total. The van der Waals surface area contributed by atoms with Gasteiger partial charge in [0.2, 0.25) is 0 Å². The fourth-order valence-corrected chi connectivity index (χ4v) is 2.51. The number of halogens is 2. The molecule has 3 heteroatoms. The first-order chi connectivity index (χ1) is 7.70. The van der Waals surface area contributed by atoms with Gasteiger partial charge >= 0.3 is 0 Å². The average molecular weight is 234 g/mol. The van der Waals surface area contributed by atoms with Crippen LogP contribution in [-0.2, 0) is 4.74 Å². The van der Waals surface area contributed by atoms with Crippen molar-refractivity contribution in [2.45, 2.75) is 70.8 Å². The molecule has 0 aliphatic heterocycles. The van der Waals surface area contributed by atoms with Crippen LogP contribution in [0.5, 0.6) is 0 Å². The third-order valence-electron chi connectivity index (χ3n) is 3.49. The standard InChI is InChI=1S/C13H24F2O/c1-3-5-6-7-10-8-9-11(16-4-2)13(15)12(10)14/h10-13H,3-9H2,1-2H3. The Hall–Kier alpha value is -0.180. The van der Waals surface area contributed by atoms with Crippen LogP contribution in [0.25, 0.3) is 0 Å². The molecule has 1 aliphatic rings. The number of ether oxygens (including phenoxy) is 1. The number of hydrogen-bond acceptors (Lipinski definition) is 1. The van der Waals surface area contributed by atoms with Crippen molar-refractivity contribution in [1.29, 1.82) is 0 Å². The molecular formula is C13H24F2O. The zero-order chi connectivity index (χ0) is 12.0. The van der Waals surface area contributed by atoms with Crippen LogP contribution in [-0.4, -0.2) is 25.1 Å². The second-order valence-corrected chi connectivity index (χ2v) is 4.72. The molecule has 16 heavy (non-hydrogen) atoms. The van der Waals surface area contributed by atoms with E-state index >= 15 is 0 Å². The first-order valence-corrected chi connectivity index (χ1v) is 6.60. The fraction of sp³-hybridized carbons (Fsp3) is 1.00. The van der Waals surface area contributed by atoms with E-state index in [-0.39, 0.29) is 5.92 Å². The molecular weight excluding hydrogens is 210 g/mol. The number of rotatable bonds is 6. The van der Waals surface area contributed by atoms with E-state index in [1.54, 1.807) is 0 Å². The molecule has 4 unspecified atom stereocenters. The molecule has 4 atom stereocenters. The minimum absolute atomic E-state index is 0.0849. The number of hydrogen-bond donors (Lipinski definition) is 0. The minimum atomic E-state index is -1.42. The van der Waals surface area contributed by atoms with Crippen LogP contribution >= 0.6 is 0 Å². The maximum Gasteiger partial charge on any atom is 0.157 e. The third-order valence-corrected chi connectivity index (χ3v) is 3.49. The molecule has 0 aromatic rings. The van der Waals surface area contributed by atoms with E-state index in [2.05, 4.69) is 6.92 Å². The predicted octanol–water partition coefficient (Wildman–Crippen LogP) is 4.06. The van der Waals surface area contributed by atoms with E-state index in [4.69, 9.17) is 4.74 Å². The van der Waals surface area contributed by atoms with Gasteiger partial charge in [0.1, 0.15) is 6.17 Å². The quantitative estimate of drug-likeness (QED) is 0.630. The van der Waals surface area contributed by atoms with Gasteiger partial charge in [-0.2, -0.15) is 0 Å². The molecule has 0 bridgehead atoms. The average Bonchev–Trinajstić information content (AvgIpc) is 2.28. The third kappa shape index (κ3) is 3.69. The predicted molar refractivity (Wildman–Crippen MR) is 62.1 cm³/mol. The summed E-state index contributed by atoms with van der Waals surface area (Å²) in [6.45, 7) is 4.42. The summed E-state index contributed by atoms with van der Waals surface area (Å²) in [4.78, 5) is 0. The van der Waals surface area contributed by atoms with Crippen LogP contribution in [0.4, 0.5) is 8.78 Å². The maximum absolute atomic E-state index is 13.8. The zero-order valence-corrected chi connectivity index (χ0v) is 10.4. The number of alkyl halides is 2. The molecule has 0 radical (unpaired) electrons. The molecule has 1 fully saturated rings. The van der Waals surface area contributed by atoms with E-state index in [0.717, 1.165) is 32.1 Å². The first-order valence-electron chi connectivity index (χ1n) is 6.60. The van der Waals surface area contributed by atoms with Crippen molar-refractivity contribution in [1.82, 2.24) is 0 Å². The molecule has 1 nitrogen and oxygen atoms in total. The van der Waals surface area contributed by atoms with Gasteiger partial charge in [0.15, 0.2) is 6.17 Å². The van der Waals surface area contributed by atoms with E-state index in [9.17, 15) is 8.78 Å². The lowest BCUT2D eigenvalue weighted by Crippen LogP contribution is -2.42. The maximum atomic E-state index is 13.8. The molecule has 1 rings (SSSR count). The summed E-state index contributed by atoms with van der Waals surface area (Å²) in [5.74, 6) is -0.0849. The van der Waals surface area contributed by atoms with E-state index in [0.29, 0.717) is 13.0 Å². The Kier molecular flexibility index (Phi) is 6.25. The Bertz CT molecular complexity index is 187. The number of unbranched alkanes of at least 4 members (excludes halogenated alkanes) is 2. The monoisotopic (exact) mass is 234 g/mol. The Morgan fingerprint density at radius 2 is 1.81 bits per heavy atom. The molecule has 0 aromatic heterocycles. The van der Waals surface area contributed by atoms with Crippen LogP contribution < -0.4 is 0 Å². The largest absolute Gasteiger partial charge is 0.375 e. The summed E-state index contributed by atoms with van der Waals surface area (Å²) in [6, 6.07) is 0. The Morgan fingerprint density at radius 1 is 1.06 bits per heavy atom. The topological polar surface area (TPSA) is 9.23 Å². The van der Waals surface area contributed by atoms with Crippen LogP contribution in [0.15, 0.2) is 0 Å². The Labute approximate surface area is 97.6 Å². The van der Waals surface area contributed by atoms with Crippen molar-refractivity contribution < 1.29 is 13.5 Å². The lowest BCUT2D eigenvalue weighted by molar-refractivity contribution is -0.0721. The van der Waals surface area contributed by atoms with E-state index in [1.165, 1.54) is 0 Å². The van der Waals surface area contributed by atoms with Gasteiger partial charge < -0.3 is 4.74 Å². The highest BCUT2D eigenvalue weighted by atomic mass is 19.2. The van der Waals surface area contributed by atoms with Crippen molar-refractivity contribution in [3.63, 3.8) is 0 Å². The normalized spacial score (nSPS) is 35.2. The first kappa shape index (κ1) is 13.9. The summed E-state index contributed by atoms with van der Waals surface area (Å²) < 4.78 is 32.7. The van der Waals surface area contributed by atoms with Crippen molar-refractivity contribution in [2.75, 3.05) is 6.61 Å². The summed E-state index contributed by atoms with van der Waals surface area (Å²) in [7, 11) is 0. The smallest absolute Gasteiger partial charge is 0.157 e. The molecule has 0 spiro atoms. The van der Waals surface area contributed by atoms with Gasteiger partial charge in [0.25, 0.3) is 0 Å². The molecule has 0 saturated heterocycles. The summed E-state index contributed by atoms with van der Waals surface area (Å²) in [6.07, 6.45) is 2.30. The van der Waals surface area contributed by atoms with Gasteiger partial charge in [-0.05, 0) is 32.1 Å². The van der Waals surface area contributed by atoms with E-state index in [1.807, 2.05) is 6.92 Å². The van der Waals surface area contributed by atoms with Gasteiger partial charge in [0, 0.05) is 6.61 Å².